The summed E-state index contributed by atoms with van der Waals surface area (Å²) < 4.78 is 0. The Kier molecular flexibility index (Phi) is 5.45. The van der Waals surface area contributed by atoms with Gasteiger partial charge in [0.05, 0.1) is 18.2 Å². The summed E-state index contributed by atoms with van der Waals surface area (Å²) in [5.41, 5.74) is 0.208. The zero-order valence-corrected chi connectivity index (χ0v) is 14.3. The summed E-state index contributed by atoms with van der Waals surface area (Å²) in [6, 6.07) is 9.51. The van der Waals surface area contributed by atoms with Crippen molar-refractivity contribution in [1.82, 2.24) is 10.6 Å². The zero-order valence-electron chi connectivity index (χ0n) is 14.3. The summed E-state index contributed by atoms with van der Waals surface area (Å²) in [6.45, 7) is 5.47. The van der Waals surface area contributed by atoms with E-state index < -0.39 is 5.54 Å². The predicted octanol–water partition coefficient (Wildman–Crippen LogP) is 2.05. The number of nitriles is 1. The first-order valence-corrected chi connectivity index (χ1v) is 8.21. The second-order valence-electron chi connectivity index (χ2n) is 6.66. The van der Waals surface area contributed by atoms with Gasteiger partial charge in [-0.3, -0.25) is 9.59 Å². The Bertz CT molecular complexity index is 661. The van der Waals surface area contributed by atoms with Gasteiger partial charge in [0.25, 0.3) is 5.91 Å². The normalized spacial score (nSPS) is 16.0. The van der Waals surface area contributed by atoms with Crippen molar-refractivity contribution in [3.63, 3.8) is 0 Å². The molecule has 1 aliphatic rings. The lowest BCUT2D eigenvalue weighted by atomic mass is 9.90. The number of nitrogens with zero attached hydrogens (tertiary/aromatic N) is 1. The highest BCUT2D eigenvalue weighted by molar-refractivity contribution is 6.00. The topological polar surface area (TPSA) is 94.0 Å². The van der Waals surface area contributed by atoms with Crippen LogP contribution < -0.4 is 16.0 Å². The minimum absolute atomic E-state index is 0.00227. The fourth-order valence-electron chi connectivity index (χ4n) is 2.14. The Morgan fingerprint density at radius 3 is 2.58 bits per heavy atom. The van der Waals surface area contributed by atoms with E-state index in [-0.39, 0.29) is 30.3 Å². The van der Waals surface area contributed by atoms with Crippen molar-refractivity contribution in [1.29, 1.82) is 5.26 Å². The Hall–Kier alpha value is -2.55. The van der Waals surface area contributed by atoms with Crippen LogP contribution in [-0.2, 0) is 4.79 Å². The van der Waals surface area contributed by atoms with Crippen LogP contribution in [0.25, 0.3) is 0 Å². The third-order valence-corrected chi connectivity index (χ3v) is 4.31. The van der Waals surface area contributed by atoms with Crippen LogP contribution in [0.3, 0.4) is 0 Å². The molecule has 24 heavy (non-hydrogen) atoms. The standard InChI is InChI=1S/C18H24N4O2/c1-12(2)18(3,11-19)22-16(23)10-20-15-7-5-4-6-14(15)17(24)21-13-8-9-13/h4-7,12-13,20H,8-10H2,1-3H3,(H,21,24)(H,22,23)/t18-/m1/s1. The summed E-state index contributed by atoms with van der Waals surface area (Å²) >= 11 is 0. The van der Waals surface area contributed by atoms with Crippen LogP contribution in [0.1, 0.15) is 44.0 Å². The third-order valence-electron chi connectivity index (χ3n) is 4.31. The summed E-state index contributed by atoms with van der Waals surface area (Å²) in [4.78, 5) is 24.4. The molecule has 0 bridgehead atoms. The highest BCUT2D eigenvalue weighted by Crippen LogP contribution is 2.21. The molecule has 1 aromatic rings. The highest BCUT2D eigenvalue weighted by atomic mass is 16.2. The third kappa shape index (κ3) is 4.48. The Morgan fingerprint density at radius 2 is 2.00 bits per heavy atom. The molecule has 0 heterocycles. The van der Waals surface area contributed by atoms with E-state index in [0.29, 0.717) is 11.3 Å². The van der Waals surface area contributed by atoms with Gasteiger partial charge >= 0.3 is 0 Å². The van der Waals surface area contributed by atoms with Gasteiger partial charge in [-0.1, -0.05) is 26.0 Å². The second-order valence-corrected chi connectivity index (χ2v) is 6.66. The van der Waals surface area contributed by atoms with E-state index in [9.17, 15) is 14.9 Å². The van der Waals surface area contributed by atoms with E-state index in [0.717, 1.165) is 12.8 Å². The molecule has 1 aliphatic carbocycles. The molecule has 0 unspecified atom stereocenters. The summed E-state index contributed by atoms with van der Waals surface area (Å²) in [6.07, 6.45) is 2.04. The molecule has 6 nitrogen and oxygen atoms in total. The number of para-hydroxylation sites is 1. The summed E-state index contributed by atoms with van der Waals surface area (Å²) in [7, 11) is 0. The van der Waals surface area contributed by atoms with Gasteiger partial charge in [-0.2, -0.15) is 5.26 Å². The van der Waals surface area contributed by atoms with Gasteiger partial charge in [0.15, 0.2) is 0 Å². The van der Waals surface area contributed by atoms with Crippen LogP contribution in [0.5, 0.6) is 0 Å². The number of carbonyl (C=O) groups is 2. The fourth-order valence-corrected chi connectivity index (χ4v) is 2.14. The molecule has 0 aromatic heterocycles. The summed E-state index contributed by atoms with van der Waals surface area (Å²) in [5, 5.41) is 17.9. The van der Waals surface area contributed by atoms with Crippen molar-refractivity contribution >= 4 is 17.5 Å². The van der Waals surface area contributed by atoms with Crippen LogP contribution >= 0.6 is 0 Å². The van der Waals surface area contributed by atoms with E-state index in [1.54, 1.807) is 25.1 Å². The minimum Gasteiger partial charge on any atom is -0.376 e. The molecule has 0 saturated heterocycles. The number of hydrogen-bond donors (Lipinski definition) is 3. The van der Waals surface area contributed by atoms with Gasteiger partial charge in [0.2, 0.25) is 5.91 Å². The molecule has 1 fully saturated rings. The molecule has 1 atom stereocenters. The Morgan fingerprint density at radius 1 is 1.33 bits per heavy atom. The van der Waals surface area contributed by atoms with Gasteiger partial charge in [-0.15, -0.1) is 0 Å². The number of nitrogens with one attached hydrogen (secondary N) is 3. The quantitative estimate of drug-likeness (QED) is 0.714. The monoisotopic (exact) mass is 328 g/mol. The molecular weight excluding hydrogens is 304 g/mol. The molecule has 2 amide bonds. The number of benzene rings is 1. The number of amides is 2. The molecule has 2 rings (SSSR count). The first-order valence-electron chi connectivity index (χ1n) is 8.21. The van der Waals surface area contributed by atoms with Crippen LogP contribution in [-0.4, -0.2) is 29.9 Å². The van der Waals surface area contributed by atoms with Crippen molar-refractivity contribution in [3.05, 3.63) is 29.8 Å². The SMILES string of the molecule is CC(C)[C@@](C)(C#N)NC(=O)CNc1ccccc1C(=O)NC1CC1. The number of carbonyl (C=O) groups excluding carboxylic acids is 2. The molecule has 0 radical (unpaired) electrons. The van der Waals surface area contributed by atoms with Gasteiger partial charge in [0, 0.05) is 11.7 Å². The highest BCUT2D eigenvalue weighted by Gasteiger charge is 2.30. The van der Waals surface area contributed by atoms with E-state index >= 15 is 0 Å². The van der Waals surface area contributed by atoms with Gasteiger partial charge in [0.1, 0.15) is 5.54 Å². The molecule has 128 valence electrons. The zero-order chi connectivity index (χ0) is 17.7. The maximum absolute atomic E-state index is 12.2. The lowest BCUT2D eigenvalue weighted by Gasteiger charge is -2.27. The average Bonchev–Trinajstić information content (AvgIpc) is 3.36. The van der Waals surface area contributed by atoms with Crippen LogP contribution in [0.15, 0.2) is 24.3 Å². The van der Waals surface area contributed by atoms with Crippen LogP contribution in [0.2, 0.25) is 0 Å². The molecule has 0 aliphatic heterocycles. The van der Waals surface area contributed by atoms with E-state index in [1.165, 1.54) is 0 Å². The van der Waals surface area contributed by atoms with Gasteiger partial charge in [-0.25, -0.2) is 0 Å². The number of hydrogen-bond acceptors (Lipinski definition) is 4. The number of anilines is 1. The van der Waals surface area contributed by atoms with Crippen molar-refractivity contribution in [2.24, 2.45) is 5.92 Å². The smallest absolute Gasteiger partial charge is 0.253 e. The average molecular weight is 328 g/mol. The first-order chi connectivity index (χ1) is 11.4. The first kappa shape index (κ1) is 17.8. The maximum atomic E-state index is 12.2. The minimum atomic E-state index is -0.915. The maximum Gasteiger partial charge on any atom is 0.253 e. The Labute approximate surface area is 142 Å². The molecule has 1 aromatic carbocycles. The van der Waals surface area contributed by atoms with Crippen molar-refractivity contribution in [2.75, 3.05) is 11.9 Å². The van der Waals surface area contributed by atoms with Crippen molar-refractivity contribution in [3.8, 4) is 6.07 Å². The lowest BCUT2D eigenvalue weighted by molar-refractivity contribution is -0.121. The number of rotatable bonds is 7. The lowest BCUT2D eigenvalue weighted by Crippen LogP contribution is -2.50. The van der Waals surface area contributed by atoms with Crippen LogP contribution in [0.4, 0.5) is 5.69 Å². The largest absolute Gasteiger partial charge is 0.376 e. The van der Waals surface area contributed by atoms with Crippen molar-refractivity contribution < 1.29 is 9.59 Å². The molecule has 0 spiro atoms. The van der Waals surface area contributed by atoms with Gasteiger partial charge in [-0.05, 0) is 37.8 Å². The second kappa shape index (κ2) is 7.35. The van der Waals surface area contributed by atoms with E-state index in [2.05, 4.69) is 22.0 Å². The Balaban J connectivity index is 1.98. The molecular formula is C18H24N4O2. The van der Waals surface area contributed by atoms with E-state index in [1.807, 2.05) is 19.9 Å². The molecule has 6 heteroatoms. The van der Waals surface area contributed by atoms with Crippen LogP contribution in [0, 0.1) is 17.2 Å². The van der Waals surface area contributed by atoms with Gasteiger partial charge < -0.3 is 16.0 Å². The predicted molar refractivity (Wildman–Crippen MR) is 92.4 cm³/mol. The molecule has 1 saturated carbocycles. The fraction of sp³-hybridized carbons (Fsp3) is 0.500. The molecule has 3 N–H and O–H groups in total. The van der Waals surface area contributed by atoms with E-state index in [4.69, 9.17) is 0 Å². The summed E-state index contributed by atoms with van der Waals surface area (Å²) in [5.74, 6) is -0.432. The van der Waals surface area contributed by atoms with Crippen molar-refractivity contribution in [2.45, 2.75) is 45.2 Å².